The van der Waals surface area contributed by atoms with Gasteiger partial charge in [-0.1, -0.05) is 15.9 Å². The summed E-state index contributed by atoms with van der Waals surface area (Å²) in [5.41, 5.74) is 1.93. The number of amides is 1. The molecule has 2 aromatic carbocycles. The molecule has 0 radical (unpaired) electrons. The zero-order chi connectivity index (χ0) is 18.7. The van der Waals surface area contributed by atoms with Crippen LogP contribution >= 0.6 is 28.1 Å². The van der Waals surface area contributed by atoms with Crippen LogP contribution in [0, 0.1) is 6.92 Å². The number of halogens is 1. The van der Waals surface area contributed by atoms with Crippen molar-refractivity contribution in [2.24, 2.45) is 0 Å². The predicted octanol–water partition coefficient (Wildman–Crippen LogP) is 3.66. The number of anilines is 1. The number of hydrogen-bond donors (Lipinski definition) is 2. The zero-order valence-corrected chi connectivity index (χ0v) is 16.6. The summed E-state index contributed by atoms with van der Waals surface area (Å²) >= 11 is 8.63. The normalized spacial score (nSPS) is 12.3. The highest BCUT2D eigenvalue weighted by Crippen LogP contribution is 2.32. The van der Waals surface area contributed by atoms with Crippen LogP contribution in [-0.2, 0) is 0 Å². The van der Waals surface area contributed by atoms with Crippen LogP contribution in [0.25, 0.3) is 0 Å². The molecule has 0 saturated heterocycles. The van der Waals surface area contributed by atoms with E-state index in [0.29, 0.717) is 41.7 Å². The molecule has 0 bridgehead atoms. The molecule has 0 aliphatic carbocycles. The summed E-state index contributed by atoms with van der Waals surface area (Å²) in [5, 5.41) is 5.81. The number of benzene rings is 2. The van der Waals surface area contributed by atoms with E-state index in [0.717, 1.165) is 10.0 Å². The molecule has 1 aliphatic rings. The second-order valence-electron chi connectivity index (χ2n) is 5.57. The highest BCUT2D eigenvalue weighted by Gasteiger charge is 2.17. The van der Waals surface area contributed by atoms with E-state index in [1.54, 1.807) is 24.3 Å². The van der Waals surface area contributed by atoms with Crippen LogP contribution in [0.4, 0.5) is 5.69 Å². The molecule has 0 atom stereocenters. The fraction of sp³-hybridized carbons (Fsp3) is 0.222. The molecule has 3 rings (SSSR count). The second kappa shape index (κ2) is 7.92. The molecule has 1 heterocycles. The van der Waals surface area contributed by atoms with Gasteiger partial charge in [0.05, 0.1) is 12.7 Å². The Morgan fingerprint density at radius 3 is 2.65 bits per heavy atom. The standard InChI is InChI=1S/C18H17BrN2O4S/c1-10-7-11(19)8-13(16(10)23-2)17(22)21-18(26)20-12-3-4-14-15(9-12)25-6-5-24-14/h3-4,7-9H,5-6H2,1-2H3,(H2,20,21,22,26). The van der Waals surface area contributed by atoms with Gasteiger partial charge >= 0.3 is 0 Å². The van der Waals surface area contributed by atoms with Crippen molar-refractivity contribution >= 4 is 44.9 Å². The molecule has 8 heteroatoms. The maximum Gasteiger partial charge on any atom is 0.261 e. The summed E-state index contributed by atoms with van der Waals surface area (Å²) in [4.78, 5) is 12.6. The number of ether oxygens (including phenoxy) is 3. The van der Waals surface area contributed by atoms with Gasteiger partial charge in [0.1, 0.15) is 19.0 Å². The SMILES string of the molecule is COc1c(C)cc(Br)cc1C(=O)NC(=S)Nc1ccc2c(c1)OCCO2. The Labute approximate surface area is 165 Å². The average Bonchev–Trinajstić information content (AvgIpc) is 2.60. The minimum atomic E-state index is -0.360. The van der Waals surface area contributed by atoms with Crippen molar-refractivity contribution in [3.63, 3.8) is 0 Å². The number of rotatable bonds is 3. The van der Waals surface area contributed by atoms with Gasteiger partial charge in [0, 0.05) is 16.2 Å². The first-order chi connectivity index (χ1) is 12.5. The zero-order valence-electron chi connectivity index (χ0n) is 14.2. The Balaban J connectivity index is 1.71. The first-order valence-corrected chi connectivity index (χ1v) is 9.04. The van der Waals surface area contributed by atoms with Crippen molar-refractivity contribution in [3.8, 4) is 17.2 Å². The first-order valence-electron chi connectivity index (χ1n) is 7.84. The molecule has 0 unspecified atom stereocenters. The number of nitrogens with one attached hydrogen (secondary N) is 2. The molecule has 1 amide bonds. The van der Waals surface area contributed by atoms with E-state index in [4.69, 9.17) is 26.4 Å². The number of thiocarbonyl (C=S) groups is 1. The van der Waals surface area contributed by atoms with Gasteiger partial charge in [-0.05, 0) is 49.0 Å². The lowest BCUT2D eigenvalue weighted by Crippen LogP contribution is -2.34. The molecule has 0 saturated carbocycles. The summed E-state index contributed by atoms with van der Waals surface area (Å²) in [6, 6.07) is 8.93. The molecule has 2 N–H and O–H groups in total. The van der Waals surface area contributed by atoms with E-state index in [2.05, 4.69) is 26.6 Å². The minimum absolute atomic E-state index is 0.173. The van der Waals surface area contributed by atoms with Crippen molar-refractivity contribution in [1.82, 2.24) is 5.32 Å². The Kier molecular flexibility index (Phi) is 5.63. The predicted molar refractivity (Wildman–Crippen MR) is 107 cm³/mol. The highest BCUT2D eigenvalue weighted by molar-refractivity contribution is 9.10. The van der Waals surface area contributed by atoms with Gasteiger partial charge in [-0.25, -0.2) is 0 Å². The van der Waals surface area contributed by atoms with Gasteiger partial charge < -0.3 is 19.5 Å². The van der Waals surface area contributed by atoms with Gasteiger partial charge in [-0.3, -0.25) is 10.1 Å². The van der Waals surface area contributed by atoms with Gasteiger partial charge in [0.2, 0.25) is 0 Å². The number of carbonyl (C=O) groups is 1. The lowest BCUT2D eigenvalue weighted by Gasteiger charge is -2.19. The van der Waals surface area contributed by atoms with Crippen LogP contribution in [0.15, 0.2) is 34.8 Å². The van der Waals surface area contributed by atoms with Crippen LogP contribution < -0.4 is 24.8 Å². The fourth-order valence-electron chi connectivity index (χ4n) is 2.62. The van der Waals surface area contributed by atoms with Gasteiger partial charge in [-0.15, -0.1) is 0 Å². The monoisotopic (exact) mass is 436 g/mol. The van der Waals surface area contributed by atoms with E-state index < -0.39 is 0 Å². The molecular weight excluding hydrogens is 420 g/mol. The van der Waals surface area contributed by atoms with Crippen molar-refractivity contribution in [2.75, 3.05) is 25.6 Å². The maximum atomic E-state index is 12.6. The fourth-order valence-corrected chi connectivity index (χ4v) is 3.41. The molecule has 136 valence electrons. The summed E-state index contributed by atoms with van der Waals surface area (Å²) in [7, 11) is 1.53. The van der Waals surface area contributed by atoms with E-state index in [9.17, 15) is 4.79 Å². The first kappa shape index (κ1) is 18.5. The van der Waals surface area contributed by atoms with Gasteiger partial charge in [0.15, 0.2) is 16.6 Å². The summed E-state index contributed by atoms with van der Waals surface area (Å²) in [6.45, 7) is 2.90. The smallest absolute Gasteiger partial charge is 0.261 e. The summed E-state index contributed by atoms with van der Waals surface area (Å²) in [5.74, 6) is 1.47. The largest absolute Gasteiger partial charge is 0.496 e. The third kappa shape index (κ3) is 4.08. The Morgan fingerprint density at radius 2 is 1.92 bits per heavy atom. The third-order valence-electron chi connectivity index (χ3n) is 3.72. The van der Waals surface area contributed by atoms with Crippen molar-refractivity contribution in [2.45, 2.75) is 6.92 Å². The number of methoxy groups -OCH3 is 1. The molecule has 1 aliphatic heterocycles. The minimum Gasteiger partial charge on any atom is -0.496 e. The quantitative estimate of drug-likeness (QED) is 0.715. The molecule has 2 aromatic rings. The second-order valence-corrected chi connectivity index (χ2v) is 6.89. The summed E-state index contributed by atoms with van der Waals surface area (Å²) in [6.07, 6.45) is 0. The topological polar surface area (TPSA) is 68.8 Å². The molecule has 0 fully saturated rings. The molecule has 26 heavy (non-hydrogen) atoms. The van der Waals surface area contributed by atoms with Crippen LogP contribution in [0.5, 0.6) is 17.2 Å². The molecule has 0 aromatic heterocycles. The number of fused-ring (bicyclic) bond motifs is 1. The van der Waals surface area contributed by atoms with Crippen molar-refractivity contribution < 1.29 is 19.0 Å². The average molecular weight is 437 g/mol. The highest BCUT2D eigenvalue weighted by atomic mass is 79.9. The lowest BCUT2D eigenvalue weighted by atomic mass is 10.1. The van der Waals surface area contributed by atoms with Crippen LogP contribution in [0.1, 0.15) is 15.9 Å². The third-order valence-corrected chi connectivity index (χ3v) is 4.38. The number of aryl methyl sites for hydroxylation is 1. The Bertz CT molecular complexity index is 873. The lowest BCUT2D eigenvalue weighted by molar-refractivity contribution is 0.0974. The molecular formula is C18H17BrN2O4S. The molecule has 6 nitrogen and oxygen atoms in total. The Morgan fingerprint density at radius 1 is 1.19 bits per heavy atom. The van der Waals surface area contributed by atoms with Crippen LogP contribution in [-0.4, -0.2) is 31.3 Å². The Hall–Kier alpha value is -2.32. The van der Waals surface area contributed by atoms with Crippen LogP contribution in [0.2, 0.25) is 0 Å². The van der Waals surface area contributed by atoms with Gasteiger partial charge in [-0.2, -0.15) is 0 Å². The van der Waals surface area contributed by atoms with E-state index in [1.807, 2.05) is 13.0 Å². The molecule has 0 spiro atoms. The number of hydrogen-bond acceptors (Lipinski definition) is 5. The summed E-state index contributed by atoms with van der Waals surface area (Å²) < 4.78 is 17.1. The van der Waals surface area contributed by atoms with Crippen molar-refractivity contribution in [3.05, 3.63) is 45.9 Å². The van der Waals surface area contributed by atoms with E-state index in [1.165, 1.54) is 7.11 Å². The van der Waals surface area contributed by atoms with Crippen LogP contribution in [0.3, 0.4) is 0 Å². The number of carbonyl (C=O) groups excluding carboxylic acids is 1. The van der Waals surface area contributed by atoms with Crippen molar-refractivity contribution in [1.29, 1.82) is 0 Å². The van der Waals surface area contributed by atoms with Gasteiger partial charge in [0.25, 0.3) is 5.91 Å². The van der Waals surface area contributed by atoms with E-state index in [-0.39, 0.29) is 11.0 Å². The maximum absolute atomic E-state index is 12.6. The van der Waals surface area contributed by atoms with E-state index >= 15 is 0 Å².